The summed E-state index contributed by atoms with van der Waals surface area (Å²) >= 11 is 0. The summed E-state index contributed by atoms with van der Waals surface area (Å²) < 4.78 is 5.98. The average molecular weight is 206 g/mol. The summed E-state index contributed by atoms with van der Waals surface area (Å²) in [5.41, 5.74) is 6.82. The summed E-state index contributed by atoms with van der Waals surface area (Å²) in [6.45, 7) is 0.530. The third kappa shape index (κ3) is 2.76. The molecule has 1 atom stereocenters. The number of hydrogen-bond acceptors (Lipinski definition) is 3. The molecule has 1 aromatic heterocycles. The standard InChI is InChI=1S/C12H18N2O/c13-8-12(10-4-3-7-14-9-10)15-11-5-1-2-6-11/h3-4,7,9,11-12H,1-2,5-6,8,13H2. The molecule has 1 aromatic rings. The largest absolute Gasteiger partial charge is 0.369 e. The second kappa shape index (κ2) is 5.24. The van der Waals surface area contributed by atoms with Crippen molar-refractivity contribution in [2.24, 2.45) is 5.73 Å². The zero-order valence-corrected chi connectivity index (χ0v) is 8.93. The SMILES string of the molecule is NCC(OC1CCCC1)c1cccnc1. The molecule has 82 valence electrons. The number of pyridine rings is 1. The van der Waals surface area contributed by atoms with Gasteiger partial charge in [0.15, 0.2) is 0 Å². The lowest BCUT2D eigenvalue weighted by Gasteiger charge is -2.20. The van der Waals surface area contributed by atoms with E-state index in [1.807, 2.05) is 18.3 Å². The quantitative estimate of drug-likeness (QED) is 0.820. The van der Waals surface area contributed by atoms with Crippen molar-refractivity contribution in [2.45, 2.75) is 37.9 Å². The fraction of sp³-hybridized carbons (Fsp3) is 0.583. The normalized spacial score (nSPS) is 19.3. The van der Waals surface area contributed by atoms with Gasteiger partial charge in [0.2, 0.25) is 0 Å². The first kappa shape index (κ1) is 10.6. The van der Waals surface area contributed by atoms with Gasteiger partial charge >= 0.3 is 0 Å². The van der Waals surface area contributed by atoms with E-state index in [4.69, 9.17) is 10.5 Å². The van der Waals surface area contributed by atoms with Crippen LogP contribution in [0.5, 0.6) is 0 Å². The maximum absolute atomic E-state index is 5.98. The van der Waals surface area contributed by atoms with Crippen molar-refractivity contribution >= 4 is 0 Å². The Morgan fingerprint density at radius 3 is 2.87 bits per heavy atom. The van der Waals surface area contributed by atoms with Crippen LogP contribution in [0.2, 0.25) is 0 Å². The number of hydrogen-bond donors (Lipinski definition) is 1. The fourth-order valence-electron chi connectivity index (χ4n) is 2.09. The van der Waals surface area contributed by atoms with E-state index in [0.717, 1.165) is 5.56 Å². The zero-order valence-electron chi connectivity index (χ0n) is 8.93. The Hall–Kier alpha value is -0.930. The summed E-state index contributed by atoms with van der Waals surface area (Å²) in [6, 6.07) is 3.95. The Morgan fingerprint density at radius 2 is 2.27 bits per heavy atom. The zero-order chi connectivity index (χ0) is 10.5. The smallest absolute Gasteiger partial charge is 0.0965 e. The van der Waals surface area contributed by atoms with Crippen molar-refractivity contribution in [3.8, 4) is 0 Å². The Kier molecular flexibility index (Phi) is 3.69. The molecular formula is C12H18N2O. The van der Waals surface area contributed by atoms with E-state index in [9.17, 15) is 0 Å². The van der Waals surface area contributed by atoms with E-state index in [0.29, 0.717) is 12.6 Å². The second-order valence-corrected chi connectivity index (χ2v) is 4.05. The van der Waals surface area contributed by atoms with Crippen LogP contribution in [0.25, 0.3) is 0 Å². The summed E-state index contributed by atoms with van der Waals surface area (Å²) in [6.07, 6.45) is 8.96. The van der Waals surface area contributed by atoms with Crippen molar-refractivity contribution in [1.29, 1.82) is 0 Å². The molecule has 0 aromatic carbocycles. The minimum absolute atomic E-state index is 0.0156. The van der Waals surface area contributed by atoms with Crippen molar-refractivity contribution < 1.29 is 4.74 Å². The highest BCUT2D eigenvalue weighted by atomic mass is 16.5. The molecule has 1 aliphatic carbocycles. The van der Waals surface area contributed by atoms with Crippen molar-refractivity contribution in [3.05, 3.63) is 30.1 Å². The van der Waals surface area contributed by atoms with Crippen molar-refractivity contribution in [3.63, 3.8) is 0 Å². The molecule has 0 bridgehead atoms. The van der Waals surface area contributed by atoms with Crippen LogP contribution in [-0.2, 0) is 4.74 Å². The van der Waals surface area contributed by atoms with E-state index >= 15 is 0 Å². The number of ether oxygens (including phenoxy) is 1. The Balaban J connectivity index is 1.97. The molecule has 0 amide bonds. The molecule has 1 aliphatic rings. The van der Waals surface area contributed by atoms with Crippen LogP contribution in [0.1, 0.15) is 37.4 Å². The minimum Gasteiger partial charge on any atom is -0.369 e. The van der Waals surface area contributed by atoms with Gasteiger partial charge in [-0.15, -0.1) is 0 Å². The second-order valence-electron chi connectivity index (χ2n) is 4.05. The molecule has 15 heavy (non-hydrogen) atoms. The van der Waals surface area contributed by atoms with Crippen LogP contribution in [0, 0.1) is 0 Å². The van der Waals surface area contributed by atoms with Gasteiger partial charge < -0.3 is 10.5 Å². The first-order chi connectivity index (χ1) is 7.40. The number of rotatable bonds is 4. The highest BCUT2D eigenvalue weighted by molar-refractivity contribution is 5.12. The molecule has 0 spiro atoms. The predicted molar refractivity (Wildman–Crippen MR) is 59.4 cm³/mol. The molecule has 3 nitrogen and oxygen atoms in total. The van der Waals surface area contributed by atoms with E-state index in [-0.39, 0.29) is 6.10 Å². The molecule has 2 N–H and O–H groups in total. The van der Waals surface area contributed by atoms with E-state index in [2.05, 4.69) is 4.98 Å². The predicted octanol–water partition coefficient (Wildman–Crippen LogP) is 2.04. The molecule has 1 unspecified atom stereocenters. The lowest BCUT2D eigenvalue weighted by molar-refractivity contribution is -0.00453. The summed E-state index contributed by atoms with van der Waals surface area (Å²) in [7, 11) is 0. The molecule has 1 saturated carbocycles. The molecule has 1 fully saturated rings. The minimum atomic E-state index is 0.0156. The lowest BCUT2D eigenvalue weighted by atomic mass is 10.1. The van der Waals surface area contributed by atoms with Crippen LogP contribution in [0.15, 0.2) is 24.5 Å². The molecule has 3 heteroatoms. The van der Waals surface area contributed by atoms with E-state index in [1.165, 1.54) is 25.7 Å². The molecular weight excluding hydrogens is 188 g/mol. The van der Waals surface area contributed by atoms with Gasteiger partial charge in [-0.3, -0.25) is 4.98 Å². The first-order valence-corrected chi connectivity index (χ1v) is 5.65. The Morgan fingerprint density at radius 1 is 1.47 bits per heavy atom. The van der Waals surface area contributed by atoms with Crippen molar-refractivity contribution in [2.75, 3.05) is 6.54 Å². The molecule has 0 radical (unpaired) electrons. The lowest BCUT2D eigenvalue weighted by Crippen LogP contribution is -2.21. The molecule has 0 aliphatic heterocycles. The molecule has 2 rings (SSSR count). The van der Waals surface area contributed by atoms with Gasteiger partial charge in [-0.25, -0.2) is 0 Å². The molecule has 0 saturated heterocycles. The summed E-state index contributed by atoms with van der Waals surface area (Å²) in [5, 5.41) is 0. The van der Waals surface area contributed by atoms with E-state index in [1.54, 1.807) is 6.20 Å². The van der Waals surface area contributed by atoms with Gasteiger partial charge in [0.05, 0.1) is 12.2 Å². The Labute approximate surface area is 90.7 Å². The highest BCUT2D eigenvalue weighted by Gasteiger charge is 2.20. The van der Waals surface area contributed by atoms with Gasteiger partial charge in [0.25, 0.3) is 0 Å². The Bertz CT molecular complexity index is 283. The van der Waals surface area contributed by atoms with Crippen LogP contribution in [0.4, 0.5) is 0 Å². The maximum atomic E-state index is 5.98. The fourth-order valence-corrected chi connectivity index (χ4v) is 2.09. The third-order valence-electron chi connectivity index (χ3n) is 2.93. The monoisotopic (exact) mass is 206 g/mol. The van der Waals surface area contributed by atoms with Gasteiger partial charge in [-0.1, -0.05) is 18.9 Å². The van der Waals surface area contributed by atoms with Gasteiger partial charge in [0, 0.05) is 24.5 Å². The van der Waals surface area contributed by atoms with E-state index < -0.39 is 0 Å². The number of nitrogens with zero attached hydrogens (tertiary/aromatic N) is 1. The summed E-state index contributed by atoms with van der Waals surface area (Å²) in [5.74, 6) is 0. The van der Waals surface area contributed by atoms with Crippen LogP contribution >= 0.6 is 0 Å². The van der Waals surface area contributed by atoms with Crippen LogP contribution in [0.3, 0.4) is 0 Å². The van der Waals surface area contributed by atoms with Crippen molar-refractivity contribution in [1.82, 2.24) is 4.98 Å². The highest BCUT2D eigenvalue weighted by Crippen LogP contribution is 2.26. The average Bonchev–Trinajstić information content (AvgIpc) is 2.80. The van der Waals surface area contributed by atoms with Gasteiger partial charge in [-0.05, 0) is 18.9 Å². The molecule has 1 heterocycles. The third-order valence-corrected chi connectivity index (χ3v) is 2.93. The van der Waals surface area contributed by atoms with Crippen LogP contribution < -0.4 is 5.73 Å². The van der Waals surface area contributed by atoms with Gasteiger partial charge in [-0.2, -0.15) is 0 Å². The number of nitrogens with two attached hydrogens (primary N) is 1. The number of aromatic nitrogens is 1. The first-order valence-electron chi connectivity index (χ1n) is 5.65. The maximum Gasteiger partial charge on any atom is 0.0965 e. The summed E-state index contributed by atoms with van der Waals surface area (Å²) in [4.78, 5) is 4.09. The van der Waals surface area contributed by atoms with Gasteiger partial charge in [0.1, 0.15) is 0 Å². The van der Waals surface area contributed by atoms with Crippen LogP contribution in [-0.4, -0.2) is 17.6 Å². The topological polar surface area (TPSA) is 48.1 Å².